The smallest absolute Gasteiger partial charge is 0.235 e. The first-order valence-corrected chi connectivity index (χ1v) is 9.00. The van der Waals surface area contributed by atoms with E-state index < -0.39 is 0 Å². The van der Waals surface area contributed by atoms with Gasteiger partial charge in [-0.05, 0) is 36.8 Å². The zero-order valence-corrected chi connectivity index (χ0v) is 15.5. The minimum absolute atomic E-state index is 0.171. The monoisotopic (exact) mass is 376 g/mol. The molecule has 0 atom stereocenters. The molecule has 0 spiro atoms. The van der Waals surface area contributed by atoms with Gasteiger partial charge in [-0.2, -0.15) is 0 Å². The van der Waals surface area contributed by atoms with Gasteiger partial charge in [0.1, 0.15) is 12.2 Å². The van der Waals surface area contributed by atoms with E-state index in [0.29, 0.717) is 27.3 Å². The van der Waals surface area contributed by atoms with E-state index in [1.807, 2.05) is 67.6 Å². The maximum atomic E-state index is 13.2. The molecule has 4 rings (SSSR count). The second-order valence-corrected chi connectivity index (χ2v) is 6.75. The number of ether oxygens (including phenoxy) is 1. The molecule has 0 aliphatic rings. The lowest BCUT2D eigenvalue weighted by Crippen LogP contribution is -2.10. The summed E-state index contributed by atoms with van der Waals surface area (Å²) in [5, 5.41) is 0.991. The molecule has 0 bridgehead atoms. The predicted octanol–water partition coefficient (Wildman–Crippen LogP) is 6.00. The summed E-state index contributed by atoms with van der Waals surface area (Å²) >= 11 is 6.36. The zero-order valence-electron chi connectivity index (χ0n) is 14.7. The minimum Gasteiger partial charge on any atom is -0.481 e. The van der Waals surface area contributed by atoms with Gasteiger partial charge in [0, 0.05) is 5.56 Å². The highest BCUT2D eigenvalue weighted by molar-refractivity contribution is 6.33. The van der Waals surface area contributed by atoms with E-state index in [0.717, 1.165) is 11.1 Å². The highest BCUT2D eigenvalue weighted by Gasteiger charge is 2.19. The zero-order chi connectivity index (χ0) is 18.8. The fraction of sp³-hybridized carbons (Fsp3) is 0.0870. The van der Waals surface area contributed by atoms with Crippen molar-refractivity contribution in [2.24, 2.45) is 0 Å². The molecule has 0 aliphatic carbocycles. The van der Waals surface area contributed by atoms with E-state index >= 15 is 0 Å². The first kappa shape index (κ1) is 17.4. The van der Waals surface area contributed by atoms with Crippen LogP contribution in [0.5, 0.6) is 5.75 Å². The number of fused-ring (bicyclic) bond motifs is 1. The second kappa shape index (κ2) is 7.29. The van der Waals surface area contributed by atoms with Gasteiger partial charge in [-0.1, -0.05) is 65.7 Å². The topological polar surface area (TPSA) is 39.4 Å². The SMILES string of the molecule is Cc1ccc2oc(-c3ccccc3Cl)c(OCc3ccccc3)c(=O)c2c1. The maximum Gasteiger partial charge on any atom is 0.235 e. The van der Waals surface area contributed by atoms with Crippen LogP contribution in [0.15, 0.2) is 82.0 Å². The molecule has 0 unspecified atom stereocenters. The third kappa shape index (κ3) is 3.46. The summed E-state index contributed by atoms with van der Waals surface area (Å²) in [5.41, 5.74) is 2.88. The molecule has 4 heteroatoms. The van der Waals surface area contributed by atoms with Crippen LogP contribution >= 0.6 is 11.6 Å². The first-order valence-electron chi connectivity index (χ1n) is 8.62. The van der Waals surface area contributed by atoms with Crippen molar-refractivity contribution in [3.63, 3.8) is 0 Å². The van der Waals surface area contributed by atoms with Gasteiger partial charge in [-0.25, -0.2) is 0 Å². The van der Waals surface area contributed by atoms with Crippen molar-refractivity contribution >= 4 is 22.6 Å². The van der Waals surface area contributed by atoms with E-state index in [4.69, 9.17) is 20.8 Å². The van der Waals surface area contributed by atoms with Crippen LogP contribution in [-0.2, 0) is 6.61 Å². The summed E-state index contributed by atoms with van der Waals surface area (Å²) in [6.07, 6.45) is 0. The lowest BCUT2D eigenvalue weighted by atomic mass is 10.1. The highest BCUT2D eigenvalue weighted by Crippen LogP contribution is 2.35. The summed E-state index contributed by atoms with van der Waals surface area (Å²) in [4.78, 5) is 13.2. The van der Waals surface area contributed by atoms with E-state index in [-0.39, 0.29) is 17.8 Å². The number of rotatable bonds is 4. The Morgan fingerprint density at radius 2 is 1.70 bits per heavy atom. The summed E-state index contributed by atoms with van der Waals surface area (Å²) < 4.78 is 12.0. The summed E-state index contributed by atoms with van der Waals surface area (Å²) in [6, 6.07) is 22.5. The van der Waals surface area contributed by atoms with Crippen LogP contribution in [0, 0.1) is 6.92 Å². The fourth-order valence-electron chi connectivity index (χ4n) is 2.98. The Hall–Kier alpha value is -3.04. The van der Waals surface area contributed by atoms with Gasteiger partial charge >= 0.3 is 0 Å². The molecule has 0 aliphatic heterocycles. The molecule has 0 radical (unpaired) electrons. The average molecular weight is 377 g/mol. The van der Waals surface area contributed by atoms with Gasteiger partial charge in [0.05, 0.1) is 10.4 Å². The largest absolute Gasteiger partial charge is 0.481 e. The molecule has 0 saturated carbocycles. The van der Waals surface area contributed by atoms with Crippen LogP contribution in [-0.4, -0.2) is 0 Å². The van der Waals surface area contributed by atoms with Gasteiger partial charge in [0.15, 0.2) is 5.76 Å². The van der Waals surface area contributed by atoms with E-state index in [1.165, 1.54) is 0 Å². The molecule has 27 heavy (non-hydrogen) atoms. The quantitative estimate of drug-likeness (QED) is 0.438. The van der Waals surface area contributed by atoms with Crippen LogP contribution in [0.3, 0.4) is 0 Å². The predicted molar refractivity (Wildman–Crippen MR) is 108 cm³/mol. The second-order valence-electron chi connectivity index (χ2n) is 6.34. The standard InChI is InChI=1S/C23H17ClO3/c1-15-11-12-20-18(13-15)21(25)23(26-14-16-7-3-2-4-8-16)22(27-20)17-9-5-6-10-19(17)24/h2-13H,14H2,1H3. The Labute approximate surface area is 161 Å². The number of aryl methyl sites for hydroxylation is 1. The Morgan fingerprint density at radius 1 is 0.963 bits per heavy atom. The highest BCUT2D eigenvalue weighted by atomic mass is 35.5. The first-order chi connectivity index (χ1) is 13.1. The van der Waals surface area contributed by atoms with Crippen molar-refractivity contribution in [1.29, 1.82) is 0 Å². The Kier molecular flexibility index (Phi) is 4.69. The van der Waals surface area contributed by atoms with Crippen LogP contribution < -0.4 is 10.2 Å². The average Bonchev–Trinajstić information content (AvgIpc) is 2.69. The Balaban J connectivity index is 1.90. The molecule has 0 fully saturated rings. The summed E-state index contributed by atoms with van der Waals surface area (Å²) in [5.74, 6) is 0.517. The van der Waals surface area contributed by atoms with Crippen molar-refractivity contribution in [3.8, 4) is 17.1 Å². The lowest BCUT2D eigenvalue weighted by molar-refractivity contribution is 0.298. The fourth-order valence-corrected chi connectivity index (χ4v) is 3.20. The molecule has 0 N–H and O–H groups in total. The summed E-state index contributed by atoms with van der Waals surface area (Å²) in [7, 11) is 0. The van der Waals surface area contributed by atoms with Gasteiger partial charge in [-0.3, -0.25) is 4.79 Å². The third-order valence-corrected chi connectivity index (χ3v) is 4.68. The molecule has 4 aromatic rings. The van der Waals surface area contributed by atoms with E-state index in [9.17, 15) is 4.79 Å². The van der Waals surface area contributed by atoms with Crippen molar-refractivity contribution in [3.05, 3.63) is 99.2 Å². The molecular formula is C23H17ClO3. The van der Waals surface area contributed by atoms with Gasteiger partial charge in [0.25, 0.3) is 0 Å². The van der Waals surface area contributed by atoms with Gasteiger partial charge in [-0.15, -0.1) is 0 Å². The molecule has 134 valence electrons. The molecule has 1 aromatic heterocycles. The van der Waals surface area contributed by atoms with Crippen LogP contribution in [0.2, 0.25) is 5.02 Å². The van der Waals surface area contributed by atoms with E-state index in [1.54, 1.807) is 12.1 Å². The Morgan fingerprint density at radius 3 is 2.48 bits per heavy atom. The molecule has 3 aromatic carbocycles. The van der Waals surface area contributed by atoms with Crippen LogP contribution in [0.4, 0.5) is 0 Å². The lowest BCUT2D eigenvalue weighted by Gasteiger charge is -2.13. The van der Waals surface area contributed by atoms with Crippen LogP contribution in [0.25, 0.3) is 22.3 Å². The molecule has 0 amide bonds. The van der Waals surface area contributed by atoms with Crippen molar-refractivity contribution in [2.75, 3.05) is 0 Å². The number of halogens is 1. The number of hydrogen-bond donors (Lipinski definition) is 0. The van der Waals surface area contributed by atoms with Crippen molar-refractivity contribution in [2.45, 2.75) is 13.5 Å². The van der Waals surface area contributed by atoms with E-state index in [2.05, 4.69) is 0 Å². The van der Waals surface area contributed by atoms with Crippen LogP contribution in [0.1, 0.15) is 11.1 Å². The molecule has 3 nitrogen and oxygen atoms in total. The number of hydrogen-bond acceptors (Lipinski definition) is 3. The van der Waals surface area contributed by atoms with Crippen molar-refractivity contribution in [1.82, 2.24) is 0 Å². The third-order valence-electron chi connectivity index (χ3n) is 4.35. The summed E-state index contributed by atoms with van der Waals surface area (Å²) in [6.45, 7) is 2.20. The number of benzene rings is 3. The minimum atomic E-state index is -0.203. The normalized spacial score (nSPS) is 10.9. The van der Waals surface area contributed by atoms with Crippen molar-refractivity contribution < 1.29 is 9.15 Å². The molecule has 0 saturated heterocycles. The molecule has 1 heterocycles. The van der Waals surface area contributed by atoms with Gasteiger partial charge in [0.2, 0.25) is 11.2 Å². The molecular weight excluding hydrogens is 360 g/mol. The Bertz CT molecular complexity index is 1160. The maximum absolute atomic E-state index is 13.2. The van der Waals surface area contributed by atoms with Gasteiger partial charge < -0.3 is 9.15 Å².